The molecule has 0 aromatic heterocycles. The van der Waals surface area contributed by atoms with Crippen LogP contribution in [0.25, 0.3) is 0 Å². The molecule has 0 bridgehead atoms. The third-order valence-corrected chi connectivity index (χ3v) is 5.99. The van der Waals surface area contributed by atoms with Crippen molar-refractivity contribution in [2.45, 2.75) is 148 Å². The molecule has 0 aliphatic heterocycles. The number of esters is 1. The molecule has 8 heteroatoms. The number of aliphatic hydroxyl groups is 3. The largest absolute Gasteiger partial charge is 0.463 e. The lowest BCUT2D eigenvalue weighted by atomic mass is 10.0. The molecule has 0 aromatic carbocycles. The van der Waals surface area contributed by atoms with Gasteiger partial charge in [0.15, 0.2) is 0 Å². The standard InChI is InChI=1S/C27H52O8/c1-3-4-5-6-7-8-9-10-11-12-13-14-17-24(29)18-15-16-19-25(30)20-27(32)33-21-26(31)22-34-35-23(2)28/h24-26,29-31H,3-22H2,1-2H3/t24?,25?,26-/m1/s1. The topological polar surface area (TPSA) is 123 Å². The number of rotatable bonds is 25. The highest BCUT2D eigenvalue weighted by Gasteiger charge is 2.15. The van der Waals surface area contributed by atoms with Crippen LogP contribution in [0.2, 0.25) is 0 Å². The van der Waals surface area contributed by atoms with Crippen molar-refractivity contribution in [1.29, 1.82) is 0 Å². The van der Waals surface area contributed by atoms with E-state index < -0.39 is 24.1 Å². The minimum absolute atomic E-state index is 0.154. The molecule has 0 spiro atoms. The van der Waals surface area contributed by atoms with Gasteiger partial charge < -0.3 is 20.1 Å². The Balaban J connectivity index is 3.50. The van der Waals surface area contributed by atoms with Crippen molar-refractivity contribution in [2.24, 2.45) is 0 Å². The highest BCUT2D eigenvalue weighted by Crippen LogP contribution is 2.15. The molecule has 3 N–H and O–H groups in total. The summed E-state index contributed by atoms with van der Waals surface area (Å²) >= 11 is 0. The van der Waals surface area contributed by atoms with E-state index in [1.54, 1.807) is 0 Å². The number of hydrogen-bond acceptors (Lipinski definition) is 8. The maximum Gasteiger partial charge on any atom is 0.339 e. The van der Waals surface area contributed by atoms with Crippen LogP contribution >= 0.6 is 0 Å². The summed E-state index contributed by atoms with van der Waals surface area (Å²) in [7, 11) is 0. The molecule has 0 heterocycles. The molecule has 0 fully saturated rings. The van der Waals surface area contributed by atoms with Crippen LogP contribution in [0.1, 0.15) is 129 Å². The van der Waals surface area contributed by atoms with E-state index in [4.69, 9.17) is 4.74 Å². The van der Waals surface area contributed by atoms with E-state index in [9.17, 15) is 24.9 Å². The number of carbonyl (C=O) groups is 2. The first-order chi connectivity index (χ1) is 16.8. The van der Waals surface area contributed by atoms with E-state index >= 15 is 0 Å². The van der Waals surface area contributed by atoms with E-state index in [0.29, 0.717) is 12.8 Å². The molecule has 0 saturated heterocycles. The van der Waals surface area contributed by atoms with Gasteiger partial charge in [-0.2, -0.15) is 4.89 Å². The lowest BCUT2D eigenvalue weighted by Gasteiger charge is -2.14. The zero-order chi connectivity index (χ0) is 26.2. The van der Waals surface area contributed by atoms with Gasteiger partial charge in [0.25, 0.3) is 0 Å². The van der Waals surface area contributed by atoms with Crippen molar-refractivity contribution in [3.63, 3.8) is 0 Å². The highest BCUT2D eigenvalue weighted by atomic mass is 17.2. The van der Waals surface area contributed by atoms with Gasteiger partial charge >= 0.3 is 11.9 Å². The van der Waals surface area contributed by atoms with Gasteiger partial charge in [-0.05, 0) is 19.3 Å². The molecule has 0 aliphatic carbocycles. The average molecular weight is 505 g/mol. The Kier molecular flexibility index (Phi) is 23.6. The lowest BCUT2D eigenvalue weighted by molar-refractivity contribution is -0.281. The Labute approximate surface area is 212 Å². The Morgan fingerprint density at radius 1 is 0.629 bits per heavy atom. The van der Waals surface area contributed by atoms with Crippen molar-refractivity contribution < 1.29 is 39.4 Å². The smallest absolute Gasteiger partial charge is 0.339 e. The molecule has 208 valence electrons. The molecule has 0 radical (unpaired) electrons. The van der Waals surface area contributed by atoms with Gasteiger partial charge in [-0.1, -0.05) is 96.8 Å². The van der Waals surface area contributed by atoms with Crippen molar-refractivity contribution in [3.05, 3.63) is 0 Å². The van der Waals surface area contributed by atoms with Crippen molar-refractivity contribution >= 4 is 11.9 Å². The van der Waals surface area contributed by atoms with Crippen LogP contribution < -0.4 is 0 Å². The Bertz CT molecular complexity index is 500. The van der Waals surface area contributed by atoms with Gasteiger partial charge in [0, 0.05) is 6.92 Å². The Hall–Kier alpha value is -1.22. The maximum absolute atomic E-state index is 11.7. The molecule has 2 unspecified atom stereocenters. The van der Waals surface area contributed by atoms with Gasteiger partial charge in [0.1, 0.15) is 19.3 Å². The van der Waals surface area contributed by atoms with Crippen molar-refractivity contribution in [2.75, 3.05) is 13.2 Å². The zero-order valence-corrected chi connectivity index (χ0v) is 22.3. The molecule has 0 amide bonds. The number of hydrogen-bond donors (Lipinski definition) is 3. The van der Waals surface area contributed by atoms with Crippen LogP contribution in [0.15, 0.2) is 0 Å². The zero-order valence-electron chi connectivity index (χ0n) is 22.3. The van der Waals surface area contributed by atoms with E-state index in [-0.39, 0.29) is 25.7 Å². The predicted molar refractivity (Wildman–Crippen MR) is 135 cm³/mol. The monoisotopic (exact) mass is 504 g/mol. The van der Waals surface area contributed by atoms with Crippen LogP contribution in [0, 0.1) is 0 Å². The SMILES string of the molecule is CCCCCCCCCCCCCCC(O)CCCCC(O)CC(=O)OC[C@@H](O)COOC(C)=O. The summed E-state index contributed by atoms with van der Waals surface area (Å²) in [5.74, 6) is -1.26. The molecule has 0 aliphatic rings. The van der Waals surface area contributed by atoms with Crippen LogP contribution in [0.5, 0.6) is 0 Å². The molecule has 0 saturated carbocycles. The molecular weight excluding hydrogens is 452 g/mol. The van der Waals surface area contributed by atoms with Gasteiger partial charge in [0.2, 0.25) is 0 Å². The van der Waals surface area contributed by atoms with Crippen molar-refractivity contribution in [3.8, 4) is 0 Å². The molecule has 35 heavy (non-hydrogen) atoms. The molecule has 0 aromatic rings. The van der Waals surface area contributed by atoms with Gasteiger partial charge in [-0.3, -0.25) is 9.68 Å². The summed E-state index contributed by atoms with van der Waals surface area (Å²) in [4.78, 5) is 30.9. The fourth-order valence-corrected chi connectivity index (χ4v) is 3.91. The maximum atomic E-state index is 11.7. The predicted octanol–water partition coefficient (Wildman–Crippen LogP) is 5.15. The number of ether oxygens (including phenoxy) is 1. The summed E-state index contributed by atoms with van der Waals surface area (Å²) in [5.41, 5.74) is 0. The van der Waals surface area contributed by atoms with Crippen molar-refractivity contribution in [1.82, 2.24) is 0 Å². The first kappa shape index (κ1) is 33.8. The summed E-state index contributed by atoms with van der Waals surface area (Å²) in [6.45, 7) is 2.80. The fourth-order valence-electron chi connectivity index (χ4n) is 3.91. The quantitative estimate of drug-likeness (QED) is 0.0675. The molecule has 0 rings (SSSR count). The Morgan fingerprint density at radius 3 is 1.60 bits per heavy atom. The number of aliphatic hydroxyl groups excluding tert-OH is 3. The van der Waals surface area contributed by atoms with Crippen LogP contribution in [0.4, 0.5) is 0 Å². The fraction of sp³-hybridized carbons (Fsp3) is 0.926. The number of carbonyl (C=O) groups excluding carboxylic acids is 2. The number of unbranched alkanes of at least 4 members (excludes halogenated alkanes) is 12. The molecule has 3 atom stereocenters. The second-order valence-corrected chi connectivity index (χ2v) is 9.67. The first-order valence-electron chi connectivity index (χ1n) is 13.8. The minimum atomic E-state index is -1.12. The minimum Gasteiger partial charge on any atom is -0.463 e. The van der Waals surface area contributed by atoms with Gasteiger partial charge in [-0.25, -0.2) is 4.79 Å². The summed E-state index contributed by atoms with van der Waals surface area (Å²) in [6, 6.07) is 0. The van der Waals surface area contributed by atoms with E-state index in [0.717, 1.165) is 32.6 Å². The second-order valence-electron chi connectivity index (χ2n) is 9.67. The van der Waals surface area contributed by atoms with Gasteiger partial charge in [-0.15, -0.1) is 0 Å². The average Bonchev–Trinajstić information content (AvgIpc) is 2.81. The highest BCUT2D eigenvalue weighted by molar-refractivity contribution is 5.69. The summed E-state index contributed by atoms with van der Waals surface area (Å²) in [5, 5.41) is 29.7. The third kappa shape index (κ3) is 25.7. The van der Waals surface area contributed by atoms with Crippen LogP contribution in [-0.2, 0) is 24.1 Å². The lowest BCUT2D eigenvalue weighted by Crippen LogP contribution is -2.25. The van der Waals surface area contributed by atoms with Crippen LogP contribution in [0.3, 0.4) is 0 Å². The van der Waals surface area contributed by atoms with Gasteiger partial charge in [0.05, 0.1) is 18.6 Å². The molecular formula is C27H52O8. The Morgan fingerprint density at radius 2 is 1.09 bits per heavy atom. The van der Waals surface area contributed by atoms with E-state index in [2.05, 4.69) is 16.7 Å². The summed E-state index contributed by atoms with van der Waals surface area (Å²) in [6.07, 6.45) is 16.8. The van der Waals surface area contributed by atoms with E-state index in [1.165, 1.54) is 70.6 Å². The second kappa shape index (κ2) is 24.5. The molecule has 8 nitrogen and oxygen atoms in total. The normalized spacial score (nSPS) is 13.9. The van der Waals surface area contributed by atoms with E-state index in [1.807, 2.05) is 0 Å². The third-order valence-electron chi connectivity index (χ3n) is 5.99. The summed E-state index contributed by atoms with van der Waals surface area (Å²) < 4.78 is 4.88. The van der Waals surface area contributed by atoms with Crippen LogP contribution in [-0.4, -0.2) is 58.8 Å². The first-order valence-corrected chi connectivity index (χ1v) is 13.8.